The van der Waals surface area contributed by atoms with E-state index < -0.39 is 0 Å². The molecule has 2 aliphatic carbocycles. The van der Waals surface area contributed by atoms with Gasteiger partial charge >= 0.3 is 0 Å². The zero-order valence-electron chi connectivity index (χ0n) is 15.1. The number of nitrogens with two attached hydrogens (primary N) is 1. The largest absolute Gasteiger partial charge is 0.345 e. The zero-order valence-corrected chi connectivity index (χ0v) is 15.9. The smallest absolute Gasteiger partial charge is 0.225 e. The highest BCUT2D eigenvalue weighted by Gasteiger charge is 2.41. The number of amides is 1. The van der Waals surface area contributed by atoms with Crippen LogP contribution in [0.2, 0.25) is 0 Å². The van der Waals surface area contributed by atoms with E-state index in [1.807, 2.05) is 6.92 Å². The summed E-state index contributed by atoms with van der Waals surface area (Å²) < 4.78 is 4.29. The molecule has 6 nitrogen and oxygen atoms in total. The van der Waals surface area contributed by atoms with Gasteiger partial charge in [-0.1, -0.05) is 6.42 Å². The maximum atomic E-state index is 13.1. The van der Waals surface area contributed by atoms with Gasteiger partial charge in [0, 0.05) is 49.7 Å². The second-order valence-electron chi connectivity index (χ2n) is 7.99. The van der Waals surface area contributed by atoms with Crippen LogP contribution in [0.4, 0.5) is 5.13 Å². The lowest BCUT2D eigenvalue weighted by molar-refractivity contribution is -0.138. The lowest BCUT2D eigenvalue weighted by Crippen LogP contribution is -2.50. The molecule has 2 saturated carbocycles. The second kappa shape index (κ2) is 7.19. The van der Waals surface area contributed by atoms with E-state index in [2.05, 4.69) is 19.2 Å². The summed E-state index contributed by atoms with van der Waals surface area (Å²) in [5, 5.41) is 0.991. The molecule has 3 fully saturated rings. The van der Waals surface area contributed by atoms with Crippen molar-refractivity contribution in [2.75, 3.05) is 31.1 Å². The lowest BCUT2D eigenvalue weighted by atomic mass is 9.65. The van der Waals surface area contributed by atoms with Crippen LogP contribution < -0.4 is 10.6 Å². The molecule has 2 N–H and O–H groups in total. The molecule has 0 aromatic carbocycles. The summed E-state index contributed by atoms with van der Waals surface area (Å²) in [4.78, 5) is 22.0. The van der Waals surface area contributed by atoms with E-state index in [4.69, 9.17) is 5.73 Å². The molecule has 2 bridgehead atoms. The van der Waals surface area contributed by atoms with Crippen LogP contribution in [0.25, 0.3) is 0 Å². The molecule has 1 amide bonds. The SMILES string of the molecule is Cc1nsc(N2CCCN(C(=O)C3CC4CCCC(C3)C4N)CC2)n1. The van der Waals surface area contributed by atoms with Crippen LogP contribution in [-0.4, -0.2) is 52.4 Å². The number of aromatic nitrogens is 2. The van der Waals surface area contributed by atoms with E-state index in [-0.39, 0.29) is 5.92 Å². The minimum Gasteiger partial charge on any atom is -0.345 e. The van der Waals surface area contributed by atoms with Gasteiger partial charge in [-0.05, 0) is 50.9 Å². The van der Waals surface area contributed by atoms with Gasteiger partial charge in [0.25, 0.3) is 0 Å². The van der Waals surface area contributed by atoms with E-state index in [0.717, 1.165) is 56.4 Å². The molecule has 3 aliphatic rings. The number of fused-ring (bicyclic) bond motifs is 2. The van der Waals surface area contributed by atoms with Crippen LogP contribution >= 0.6 is 11.5 Å². The summed E-state index contributed by atoms with van der Waals surface area (Å²) in [5.74, 6) is 2.54. The average molecular weight is 364 g/mol. The van der Waals surface area contributed by atoms with E-state index in [0.29, 0.717) is 23.8 Å². The van der Waals surface area contributed by atoms with E-state index in [9.17, 15) is 4.79 Å². The van der Waals surface area contributed by atoms with Crippen molar-refractivity contribution < 1.29 is 4.79 Å². The Bertz CT molecular complexity index is 606. The van der Waals surface area contributed by atoms with Gasteiger partial charge in [0.15, 0.2) is 0 Å². The fourth-order valence-corrected chi connectivity index (χ4v) is 5.72. The van der Waals surface area contributed by atoms with Gasteiger partial charge in [-0.3, -0.25) is 4.79 Å². The first kappa shape index (κ1) is 17.2. The van der Waals surface area contributed by atoms with Crippen molar-refractivity contribution in [2.24, 2.45) is 23.5 Å². The Labute approximate surface area is 153 Å². The van der Waals surface area contributed by atoms with Gasteiger partial charge < -0.3 is 15.5 Å². The molecule has 7 heteroatoms. The Kier molecular flexibility index (Phi) is 4.95. The first-order chi connectivity index (χ1) is 12.1. The fourth-order valence-electron chi connectivity index (χ4n) is 4.99. The van der Waals surface area contributed by atoms with Crippen molar-refractivity contribution in [3.05, 3.63) is 5.82 Å². The Balaban J connectivity index is 1.38. The van der Waals surface area contributed by atoms with Crippen LogP contribution in [0.5, 0.6) is 0 Å². The minimum atomic E-state index is 0.199. The average Bonchev–Trinajstić information content (AvgIpc) is 2.87. The van der Waals surface area contributed by atoms with E-state index >= 15 is 0 Å². The summed E-state index contributed by atoms with van der Waals surface area (Å²) in [6.07, 6.45) is 6.74. The fraction of sp³-hybridized carbons (Fsp3) is 0.833. The van der Waals surface area contributed by atoms with Crippen molar-refractivity contribution in [3.63, 3.8) is 0 Å². The highest BCUT2D eigenvalue weighted by atomic mass is 32.1. The minimum absolute atomic E-state index is 0.199. The first-order valence-corrected chi connectivity index (χ1v) is 10.5. The van der Waals surface area contributed by atoms with Gasteiger partial charge in [0.05, 0.1) is 0 Å². The zero-order chi connectivity index (χ0) is 17.4. The molecule has 4 rings (SSSR count). The molecule has 2 heterocycles. The monoisotopic (exact) mass is 363 g/mol. The van der Waals surface area contributed by atoms with Gasteiger partial charge in [0.2, 0.25) is 11.0 Å². The predicted octanol–water partition coefficient (Wildman–Crippen LogP) is 2.04. The van der Waals surface area contributed by atoms with Crippen molar-refractivity contribution in [1.82, 2.24) is 14.3 Å². The quantitative estimate of drug-likeness (QED) is 0.870. The number of rotatable bonds is 2. The van der Waals surface area contributed by atoms with Gasteiger partial charge in [-0.25, -0.2) is 4.98 Å². The molecular weight excluding hydrogens is 334 g/mol. The Morgan fingerprint density at radius 2 is 1.88 bits per heavy atom. The highest BCUT2D eigenvalue weighted by molar-refractivity contribution is 7.09. The number of hydrogen-bond donors (Lipinski definition) is 1. The summed E-state index contributed by atoms with van der Waals surface area (Å²) >= 11 is 1.46. The second-order valence-corrected chi connectivity index (χ2v) is 8.72. The third-order valence-corrected chi connectivity index (χ3v) is 7.23. The summed E-state index contributed by atoms with van der Waals surface area (Å²) in [7, 11) is 0. The van der Waals surface area contributed by atoms with Crippen LogP contribution in [0.15, 0.2) is 0 Å². The molecule has 0 radical (unpaired) electrons. The topological polar surface area (TPSA) is 75.4 Å². The van der Waals surface area contributed by atoms with E-state index in [1.165, 1.54) is 30.8 Å². The summed E-state index contributed by atoms with van der Waals surface area (Å²) in [5.41, 5.74) is 6.39. The molecule has 0 spiro atoms. The molecule has 1 saturated heterocycles. The maximum Gasteiger partial charge on any atom is 0.225 e. The van der Waals surface area contributed by atoms with E-state index in [1.54, 1.807) is 0 Å². The third kappa shape index (κ3) is 3.53. The van der Waals surface area contributed by atoms with Crippen molar-refractivity contribution in [2.45, 2.75) is 51.5 Å². The normalized spacial score (nSPS) is 33.2. The molecule has 1 aromatic heterocycles. The van der Waals surface area contributed by atoms with Gasteiger partial charge in [-0.2, -0.15) is 4.37 Å². The van der Waals surface area contributed by atoms with Gasteiger partial charge in [-0.15, -0.1) is 0 Å². The standard InChI is InChI=1S/C18H29N5OS/c1-12-20-18(25-21-12)23-7-3-6-22(8-9-23)17(24)15-10-13-4-2-5-14(11-15)16(13)19/h13-16H,2-11,19H2,1H3. The number of hydrogen-bond acceptors (Lipinski definition) is 6. The first-order valence-electron chi connectivity index (χ1n) is 9.71. The lowest BCUT2D eigenvalue weighted by Gasteiger charge is -2.44. The molecule has 25 heavy (non-hydrogen) atoms. The van der Waals surface area contributed by atoms with Crippen LogP contribution in [0.1, 0.15) is 44.3 Å². The number of carbonyl (C=O) groups excluding carboxylic acids is 1. The van der Waals surface area contributed by atoms with Crippen molar-refractivity contribution >= 4 is 22.6 Å². The van der Waals surface area contributed by atoms with Crippen molar-refractivity contribution in [1.29, 1.82) is 0 Å². The predicted molar refractivity (Wildman–Crippen MR) is 99.6 cm³/mol. The van der Waals surface area contributed by atoms with Crippen molar-refractivity contribution in [3.8, 4) is 0 Å². The molecule has 2 unspecified atom stereocenters. The van der Waals surface area contributed by atoms with Crippen LogP contribution in [-0.2, 0) is 4.79 Å². The Morgan fingerprint density at radius 1 is 1.12 bits per heavy atom. The highest BCUT2D eigenvalue weighted by Crippen LogP contribution is 2.42. The van der Waals surface area contributed by atoms with Crippen LogP contribution in [0.3, 0.4) is 0 Å². The molecule has 1 aliphatic heterocycles. The maximum absolute atomic E-state index is 13.1. The summed E-state index contributed by atoms with van der Waals surface area (Å²) in [6.45, 7) is 5.41. The third-order valence-electron chi connectivity index (χ3n) is 6.36. The molecule has 2 atom stereocenters. The Hall–Kier alpha value is -1.21. The Morgan fingerprint density at radius 3 is 2.56 bits per heavy atom. The number of aryl methyl sites for hydroxylation is 1. The van der Waals surface area contributed by atoms with Crippen LogP contribution in [0, 0.1) is 24.7 Å². The molecule has 1 aromatic rings. The molecule has 138 valence electrons. The number of carbonyl (C=O) groups is 1. The number of nitrogens with zero attached hydrogens (tertiary/aromatic N) is 4. The number of anilines is 1. The van der Waals surface area contributed by atoms with Gasteiger partial charge in [0.1, 0.15) is 5.82 Å². The summed E-state index contributed by atoms with van der Waals surface area (Å²) in [6, 6.07) is 0.332. The molecular formula is C18H29N5OS.